The van der Waals surface area contributed by atoms with Gasteiger partial charge < -0.3 is 15.2 Å². The number of benzene rings is 1. The van der Waals surface area contributed by atoms with Gasteiger partial charge in [-0.1, -0.05) is 6.07 Å². The number of thioether (sulfide) groups is 1. The van der Waals surface area contributed by atoms with Crippen molar-refractivity contribution >= 4 is 23.7 Å². The first-order valence-corrected chi connectivity index (χ1v) is 8.35. The molecular formula is C16H21NO3S. The molecule has 21 heavy (non-hydrogen) atoms. The highest BCUT2D eigenvalue weighted by atomic mass is 32.2. The first-order chi connectivity index (χ1) is 10.3. The summed E-state index contributed by atoms with van der Waals surface area (Å²) in [5.41, 5.74) is 2.23. The quantitative estimate of drug-likeness (QED) is 0.568. The molecule has 1 aromatic rings. The minimum atomic E-state index is -0.0745. The number of ether oxygens (including phenoxy) is 1. The summed E-state index contributed by atoms with van der Waals surface area (Å²) >= 11 is 1.74. The van der Waals surface area contributed by atoms with Crippen LogP contribution in [0.2, 0.25) is 0 Å². The highest BCUT2D eigenvalue weighted by Gasteiger charge is 2.10. The number of fused-ring (bicyclic) bond motifs is 1. The highest BCUT2D eigenvalue weighted by molar-refractivity contribution is 7.99. The number of aliphatic hydroxyl groups is 1. The zero-order valence-electron chi connectivity index (χ0n) is 12.0. The van der Waals surface area contributed by atoms with E-state index < -0.39 is 0 Å². The van der Waals surface area contributed by atoms with Gasteiger partial charge in [-0.2, -0.15) is 11.8 Å². The van der Waals surface area contributed by atoms with Crippen LogP contribution in [-0.2, 0) is 11.2 Å². The van der Waals surface area contributed by atoms with E-state index in [4.69, 9.17) is 9.84 Å². The Morgan fingerprint density at radius 3 is 3.19 bits per heavy atom. The van der Waals surface area contributed by atoms with Crippen LogP contribution in [0.3, 0.4) is 0 Å². The Labute approximate surface area is 129 Å². The van der Waals surface area contributed by atoms with Crippen LogP contribution in [0.15, 0.2) is 24.3 Å². The summed E-state index contributed by atoms with van der Waals surface area (Å²) in [4.78, 5) is 11.7. The van der Waals surface area contributed by atoms with Crippen LogP contribution in [0, 0.1) is 0 Å². The average Bonchev–Trinajstić information content (AvgIpc) is 2.96. The Balaban J connectivity index is 1.70. The molecule has 0 spiro atoms. The normalized spacial score (nSPS) is 13.2. The fraction of sp³-hybridized carbons (Fsp3) is 0.438. The van der Waals surface area contributed by atoms with Crippen molar-refractivity contribution in [2.75, 3.05) is 31.3 Å². The number of rotatable bonds is 8. The van der Waals surface area contributed by atoms with Crippen LogP contribution >= 0.6 is 11.8 Å². The first-order valence-electron chi connectivity index (χ1n) is 7.20. The van der Waals surface area contributed by atoms with Crippen LogP contribution in [0.4, 0.5) is 0 Å². The van der Waals surface area contributed by atoms with Gasteiger partial charge in [0.05, 0.1) is 6.61 Å². The molecule has 0 bridgehead atoms. The smallest absolute Gasteiger partial charge is 0.244 e. The van der Waals surface area contributed by atoms with E-state index >= 15 is 0 Å². The number of aliphatic hydroxyl groups excluding tert-OH is 1. The summed E-state index contributed by atoms with van der Waals surface area (Å²) in [7, 11) is 0. The number of hydrogen-bond acceptors (Lipinski definition) is 4. The fourth-order valence-corrected chi connectivity index (χ4v) is 2.84. The van der Waals surface area contributed by atoms with Crippen LogP contribution in [-0.4, -0.2) is 42.3 Å². The maximum atomic E-state index is 11.7. The van der Waals surface area contributed by atoms with E-state index in [1.165, 1.54) is 5.56 Å². The van der Waals surface area contributed by atoms with Crippen molar-refractivity contribution in [2.24, 2.45) is 0 Å². The molecular weight excluding hydrogens is 286 g/mol. The van der Waals surface area contributed by atoms with Gasteiger partial charge in [0.15, 0.2) is 0 Å². The van der Waals surface area contributed by atoms with Gasteiger partial charge in [0.25, 0.3) is 0 Å². The molecule has 0 radical (unpaired) electrons. The zero-order valence-corrected chi connectivity index (χ0v) is 12.8. The van der Waals surface area contributed by atoms with E-state index in [-0.39, 0.29) is 12.5 Å². The minimum absolute atomic E-state index is 0.0745. The number of carbonyl (C=O) groups is 1. The molecule has 0 aliphatic carbocycles. The standard InChI is InChI=1S/C16H21NO3S/c18-8-1-10-21-11-7-17-16(19)5-3-13-2-4-15-14(12-13)6-9-20-15/h2-5,12,18H,1,6-11H2,(H,17,19)/b5-3+. The Kier molecular flexibility index (Phi) is 6.63. The highest BCUT2D eigenvalue weighted by Crippen LogP contribution is 2.26. The van der Waals surface area contributed by atoms with Crippen LogP contribution in [0.25, 0.3) is 6.08 Å². The van der Waals surface area contributed by atoms with Crippen molar-refractivity contribution < 1.29 is 14.6 Å². The Bertz CT molecular complexity index is 502. The first kappa shape index (κ1) is 15.9. The van der Waals surface area contributed by atoms with Gasteiger partial charge >= 0.3 is 0 Å². The van der Waals surface area contributed by atoms with Crippen molar-refractivity contribution in [2.45, 2.75) is 12.8 Å². The minimum Gasteiger partial charge on any atom is -0.493 e. The van der Waals surface area contributed by atoms with Crippen molar-refractivity contribution in [3.8, 4) is 5.75 Å². The van der Waals surface area contributed by atoms with E-state index in [1.807, 2.05) is 18.2 Å². The molecule has 1 aromatic carbocycles. The van der Waals surface area contributed by atoms with E-state index in [2.05, 4.69) is 11.4 Å². The van der Waals surface area contributed by atoms with Gasteiger partial charge in [-0.15, -0.1) is 0 Å². The predicted molar refractivity (Wildman–Crippen MR) is 86.7 cm³/mol. The molecule has 0 saturated heterocycles. The van der Waals surface area contributed by atoms with Crippen molar-refractivity contribution in [1.82, 2.24) is 5.32 Å². The second kappa shape index (κ2) is 8.74. The maximum Gasteiger partial charge on any atom is 0.244 e. The fourth-order valence-electron chi connectivity index (χ4n) is 2.06. The second-order valence-electron chi connectivity index (χ2n) is 4.78. The summed E-state index contributed by atoms with van der Waals surface area (Å²) in [6.07, 6.45) is 5.14. The number of carbonyl (C=O) groups excluding carboxylic acids is 1. The summed E-state index contributed by atoms with van der Waals surface area (Å²) in [6, 6.07) is 5.98. The lowest BCUT2D eigenvalue weighted by molar-refractivity contribution is -0.116. The molecule has 0 aromatic heterocycles. The van der Waals surface area contributed by atoms with Gasteiger partial charge in [0, 0.05) is 31.4 Å². The van der Waals surface area contributed by atoms with E-state index in [9.17, 15) is 4.79 Å². The van der Waals surface area contributed by atoms with E-state index in [0.29, 0.717) is 6.54 Å². The molecule has 0 atom stereocenters. The number of nitrogens with one attached hydrogen (secondary N) is 1. The lowest BCUT2D eigenvalue weighted by atomic mass is 10.1. The summed E-state index contributed by atoms with van der Waals surface area (Å²) in [5.74, 6) is 2.68. The van der Waals surface area contributed by atoms with Crippen LogP contribution in [0.5, 0.6) is 5.75 Å². The maximum absolute atomic E-state index is 11.7. The topological polar surface area (TPSA) is 58.6 Å². The van der Waals surface area contributed by atoms with Gasteiger partial charge in [-0.25, -0.2) is 0 Å². The second-order valence-corrected chi connectivity index (χ2v) is 6.00. The lowest BCUT2D eigenvalue weighted by Crippen LogP contribution is -2.23. The van der Waals surface area contributed by atoms with Gasteiger partial charge in [-0.05, 0) is 41.5 Å². The van der Waals surface area contributed by atoms with Crippen LogP contribution in [0.1, 0.15) is 17.5 Å². The third-order valence-electron chi connectivity index (χ3n) is 3.13. The zero-order chi connectivity index (χ0) is 14.9. The molecule has 114 valence electrons. The monoisotopic (exact) mass is 307 g/mol. The molecule has 1 amide bonds. The third kappa shape index (κ3) is 5.44. The number of hydrogen-bond donors (Lipinski definition) is 2. The van der Waals surface area contributed by atoms with Crippen LogP contribution < -0.4 is 10.1 Å². The molecule has 1 aliphatic rings. The number of amides is 1. The molecule has 0 unspecified atom stereocenters. The molecule has 1 heterocycles. The Morgan fingerprint density at radius 2 is 2.33 bits per heavy atom. The molecule has 0 saturated carbocycles. The molecule has 0 fully saturated rings. The van der Waals surface area contributed by atoms with Gasteiger partial charge in [0.1, 0.15) is 5.75 Å². The average molecular weight is 307 g/mol. The predicted octanol–water partition coefficient (Wildman–Crippen LogP) is 1.87. The molecule has 1 aliphatic heterocycles. The molecule has 2 N–H and O–H groups in total. The summed E-state index contributed by atoms with van der Waals surface area (Å²) < 4.78 is 5.45. The van der Waals surface area contributed by atoms with Gasteiger partial charge in [0.2, 0.25) is 5.91 Å². The van der Waals surface area contributed by atoms with Crippen molar-refractivity contribution in [3.63, 3.8) is 0 Å². The summed E-state index contributed by atoms with van der Waals surface area (Å²) in [6.45, 7) is 1.63. The summed E-state index contributed by atoms with van der Waals surface area (Å²) in [5, 5.41) is 11.5. The van der Waals surface area contributed by atoms with Gasteiger partial charge in [-0.3, -0.25) is 4.79 Å². The Morgan fingerprint density at radius 1 is 1.43 bits per heavy atom. The SMILES string of the molecule is O=C(/C=C/c1ccc2c(c1)CCO2)NCCSCCCO. The van der Waals surface area contributed by atoms with E-state index in [0.717, 1.165) is 42.3 Å². The van der Waals surface area contributed by atoms with Crippen molar-refractivity contribution in [1.29, 1.82) is 0 Å². The lowest BCUT2D eigenvalue weighted by Gasteiger charge is -2.02. The molecule has 4 nitrogen and oxygen atoms in total. The van der Waals surface area contributed by atoms with E-state index in [1.54, 1.807) is 17.8 Å². The molecule has 2 rings (SSSR count). The Hall–Kier alpha value is -1.46. The largest absolute Gasteiger partial charge is 0.493 e. The van der Waals surface area contributed by atoms with Crippen molar-refractivity contribution in [3.05, 3.63) is 35.4 Å². The molecule has 5 heteroatoms. The third-order valence-corrected chi connectivity index (χ3v) is 4.20.